The molecule has 1 aliphatic heterocycles. The Hall–Kier alpha value is -1.65. The normalized spacial score (nSPS) is 16.9. The Morgan fingerprint density at radius 2 is 2.00 bits per heavy atom. The number of pyridine rings is 1. The zero-order valence-electron chi connectivity index (χ0n) is 11.4. The van der Waals surface area contributed by atoms with E-state index in [-0.39, 0.29) is 5.82 Å². The molecule has 0 bridgehead atoms. The Morgan fingerprint density at radius 1 is 1.19 bits per heavy atom. The van der Waals surface area contributed by atoms with Gasteiger partial charge in [-0.05, 0) is 50.2 Å². The first kappa shape index (κ1) is 13.0. The largest absolute Gasteiger partial charge is 0.322 e. The van der Waals surface area contributed by atoms with Crippen LogP contribution in [0.15, 0.2) is 30.5 Å². The number of halogens is 2. The van der Waals surface area contributed by atoms with Gasteiger partial charge in [0.1, 0.15) is 11.5 Å². The van der Waals surface area contributed by atoms with Gasteiger partial charge in [0, 0.05) is 23.0 Å². The summed E-state index contributed by atoms with van der Waals surface area (Å²) >= 11 is 6.08. The summed E-state index contributed by atoms with van der Waals surface area (Å²) in [5.74, 6) is -0.230. The number of nitrogens with one attached hydrogen (secondary N) is 1. The van der Waals surface area contributed by atoms with E-state index in [1.54, 1.807) is 12.3 Å². The second kappa shape index (κ2) is 4.97. The van der Waals surface area contributed by atoms with Gasteiger partial charge >= 0.3 is 0 Å². The van der Waals surface area contributed by atoms with Gasteiger partial charge < -0.3 is 9.88 Å². The predicted octanol–water partition coefficient (Wildman–Crippen LogP) is 3.91. The maximum absolute atomic E-state index is 13.6. The van der Waals surface area contributed by atoms with Crippen LogP contribution in [0.4, 0.5) is 4.39 Å². The molecule has 0 saturated carbocycles. The number of aromatic nitrogens is 2. The van der Waals surface area contributed by atoms with Crippen LogP contribution < -0.4 is 5.32 Å². The van der Waals surface area contributed by atoms with Crippen molar-refractivity contribution < 1.29 is 4.39 Å². The average Bonchev–Trinajstić information content (AvgIpc) is 2.81. The molecule has 0 spiro atoms. The van der Waals surface area contributed by atoms with Gasteiger partial charge in [0.05, 0.1) is 10.5 Å². The van der Waals surface area contributed by atoms with Crippen molar-refractivity contribution in [3.8, 4) is 0 Å². The third kappa shape index (κ3) is 2.10. The Kier molecular flexibility index (Phi) is 3.08. The first-order valence-electron chi connectivity index (χ1n) is 7.19. The Labute approximate surface area is 126 Å². The zero-order chi connectivity index (χ0) is 14.4. The first-order valence-corrected chi connectivity index (χ1v) is 7.57. The molecule has 1 saturated heterocycles. The minimum absolute atomic E-state index is 0.230. The number of nitrogens with zero attached hydrogens (tertiary/aromatic N) is 2. The summed E-state index contributed by atoms with van der Waals surface area (Å²) in [6, 6.07) is 7.21. The fourth-order valence-corrected chi connectivity index (χ4v) is 3.46. The second-order valence-corrected chi connectivity index (χ2v) is 5.97. The molecule has 1 aromatic carbocycles. The zero-order valence-corrected chi connectivity index (χ0v) is 12.2. The van der Waals surface area contributed by atoms with E-state index in [2.05, 4.69) is 14.9 Å². The maximum Gasteiger partial charge on any atom is 0.141 e. The molecule has 3 nitrogen and oxygen atoms in total. The summed E-state index contributed by atoms with van der Waals surface area (Å²) in [7, 11) is 0. The van der Waals surface area contributed by atoms with Crippen LogP contribution in [-0.4, -0.2) is 22.6 Å². The maximum atomic E-state index is 13.6. The van der Waals surface area contributed by atoms with Crippen LogP contribution in [0.2, 0.25) is 5.02 Å². The van der Waals surface area contributed by atoms with E-state index in [9.17, 15) is 4.39 Å². The van der Waals surface area contributed by atoms with Crippen molar-refractivity contribution in [2.75, 3.05) is 13.1 Å². The monoisotopic (exact) mass is 303 g/mol. The van der Waals surface area contributed by atoms with Gasteiger partial charge in [-0.1, -0.05) is 11.6 Å². The Bertz CT molecular complexity index is 762. The molecule has 2 aromatic heterocycles. The van der Waals surface area contributed by atoms with Gasteiger partial charge in [0.25, 0.3) is 0 Å². The molecule has 1 N–H and O–H groups in total. The number of fused-ring (bicyclic) bond motifs is 3. The summed E-state index contributed by atoms with van der Waals surface area (Å²) in [5, 5.41) is 5.77. The van der Waals surface area contributed by atoms with Crippen LogP contribution in [0, 0.1) is 5.82 Å². The van der Waals surface area contributed by atoms with Gasteiger partial charge in [-0.15, -0.1) is 0 Å². The Balaban J connectivity index is 2.06. The molecule has 5 heteroatoms. The molecular weight excluding hydrogens is 289 g/mol. The third-order valence-corrected chi connectivity index (χ3v) is 4.45. The third-order valence-electron chi connectivity index (χ3n) is 4.24. The highest BCUT2D eigenvalue weighted by Gasteiger charge is 2.21. The quantitative estimate of drug-likeness (QED) is 0.739. The van der Waals surface area contributed by atoms with Gasteiger partial charge in [-0.2, -0.15) is 0 Å². The van der Waals surface area contributed by atoms with Crippen LogP contribution in [0.3, 0.4) is 0 Å². The summed E-state index contributed by atoms with van der Waals surface area (Å²) in [6.07, 6.45) is 3.78. The van der Waals surface area contributed by atoms with Crippen molar-refractivity contribution in [3.63, 3.8) is 0 Å². The fraction of sp³-hybridized carbons (Fsp3) is 0.312. The molecule has 1 aliphatic rings. The molecule has 0 unspecified atom stereocenters. The lowest BCUT2D eigenvalue weighted by molar-refractivity contribution is 0.381. The van der Waals surface area contributed by atoms with Crippen LogP contribution in [-0.2, 0) is 0 Å². The molecule has 0 atom stereocenters. The number of piperidine rings is 1. The predicted molar refractivity (Wildman–Crippen MR) is 83.3 cm³/mol. The van der Waals surface area contributed by atoms with Crippen molar-refractivity contribution in [3.05, 3.63) is 41.3 Å². The second-order valence-electron chi connectivity index (χ2n) is 5.54. The SMILES string of the molecule is Fc1ccc2c(c1)c1cc(Cl)cnc1n2C1CCNCC1. The highest BCUT2D eigenvalue weighted by molar-refractivity contribution is 6.31. The van der Waals surface area contributed by atoms with E-state index in [0.29, 0.717) is 11.1 Å². The topological polar surface area (TPSA) is 29.9 Å². The Morgan fingerprint density at radius 3 is 2.81 bits per heavy atom. The number of benzene rings is 1. The lowest BCUT2D eigenvalue weighted by atomic mass is 10.1. The number of rotatable bonds is 1. The van der Waals surface area contributed by atoms with Gasteiger partial charge in [0.15, 0.2) is 0 Å². The highest BCUT2D eigenvalue weighted by Crippen LogP contribution is 2.34. The van der Waals surface area contributed by atoms with E-state index >= 15 is 0 Å². The minimum Gasteiger partial charge on any atom is -0.322 e. The standard InChI is InChI=1S/C16H15ClFN3/c17-10-7-14-13-8-11(18)1-2-15(13)21(16(14)20-9-10)12-3-5-19-6-4-12/h1-2,7-9,12,19H,3-6H2. The molecule has 0 aliphatic carbocycles. The molecule has 21 heavy (non-hydrogen) atoms. The van der Waals surface area contributed by atoms with E-state index < -0.39 is 0 Å². The van der Waals surface area contributed by atoms with Gasteiger partial charge in [-0.3, -0.25) is 0 Å². The van der Waals surface area contributed by atoms with Crippen molar-refractivity contribution in [2.24, 2.45) is 0 Å². The van der Waals surface area contributed by atoms with E-state index in [4.69, 9.17) is 11.6 Å². The molecule has 3 aromatic rings. The molecule has 4 rings (SSSR count). The van der Waals surface area contributed by atoms with Crippen molar-refractivity contribution in [1.82, 2.24) is 14.9 Å². The molecule has 0 amide bonds. The summed E-state index contributed by atoms with van der Waals surface area (Å²) < 4.78 is 15.9. The summed E-state index contributed by atoms with van der Waals surface area (Å²) in [6.45, 7) is 2.00. The van der Waals surface area contributed by atoms with Crippen molar-refractivity contribution in [2.45, 2.75) is 18.9 Å². The van der Waals surface area contributed by atoms with E-state index in [1.165, 1.54) is 6.07 Å². The highest BCUT2D eigenvalue weighted by atomic mass is 35.5. The molecule has 0 radical (unpaired) electrons. The summed E-state index contributed by atoms with van der Waals surface area (Å²) in [5.41, 5.74) is 1.93. The number of hydrogen-bond donors (Lipinski definition) is 1. The van der Waals surface area contributed by atoms with Crippen molar-refractivity contribution in [1.29, 1.82) is 0 Å². The van der Waals surface area contributed by atoms with E-state index in [1.807, 2.05) is 12.1 Å². The van der Waals surface area contributed by atoms with Crippen LogP contribution >= 0.6 is 11.6 Å². The smallest absolute Gasteiger partial charge is 0.141 e. The lowest BCUT2D eigenvalue weighted by Gasteiger charge is -2.25. The van der Waals surface area contributed by atoms with Gasteiger partial charge in [0.2, 0.25) is 0 Å². The van der Waals surface area contributed by atoms with Crippen LogP contribution in [0.25, 0.3) is 21.9 Å². The van der Waals surface area contributed by atoms with E-state index in [0.717, 1.165) is 47.9 Å². The van der Waals surface area contributed by atoms with Crippen molar-refractivity contribution >= 4 is 33.5 Å². The molecule has 108 valence electrons. The molecule has 3 heterocycles. The summed E-state index contributed by atoms with van der Waals surface area (Å²) in [4.78, 5) is 4.51. The first-order chi connectivity index (χ1) is 10.2. The lowest BCUT2D eigenvalue weighted by Crippen LogP contribution is -2.29. The van der Waals surface area contributed by atoms with Gasteiger partial charge in [-0.25, -0.2) is 9.37 Å². The average molecular weight is 304 g/mol. The van der Waals surface area contributed by atoms with Crippen LogP contribution in [0.1, 0.15) is 18.9 Å². The molecule has 1 fully saturated rings. The van der Waals surface area contributed by atoms with Crippen LogP contribution in [0.5, 0.6) is 0 Å². The molecular formula is C16H15ClFN3. The minimum atomic E-state index is -0.230. The fourth-order valence-electron chi connectivity index (χ4n) is 3.30. The number of hydrogen-bond acceptors (Lipinski definition) is 2.